The summed E-state index contributed by atoms with van der Waals surface area (Å²) in [7, 11) is 0. The highest BCUT2D eigenvalue weighted by Gasteiger charge is 2.35. The van der Waals surface area contributed by atoms with E-state index in [-0.39, 0.29) is 29.3 Å². The van der Waals surface area contributed by atoms with Crippen molar-refractivity contribution in [2.24, 2.45) is 5.92 Å². The number of aromatic nitrogens is 2. The molecule has 2 bridgehead atoms. The first-order valence-corrected chi connectivity index (χ1v) is 10.1. The van der Waals surface area contributed by atoms with Gasteiger partial charge >= 0.3 is 0 Å². The molecule has 1 fully saturated rings. The van der Waals surface area contributed by atoms with Crippen molar-refractivity contribution >= 4 is 11.8 Å². The van der Waals surface area contributed by atoms with E-state index in [0.717, 1.165) is 12.1 Å². The second kappa shape index (κ2) is 7.46. The van der Waals surface area contributed by atoms with Crippen LogP contribution in [0.25, 0.3) is 11.3 Å². The molecule has 7 nitrogen and oxygen atoms in total. The highest BCUT2D eigenvalue weighted by Crippen LogP contribution is 2.36. The zero-order valence-corrected chi connectivity index (χ0v) is 17.0. The van der Waals surface area contributed by atoms with Crippen molar-refractivity contribution in [1.82, 2.24) is 19.8 Å². The number of fused-ring (bicyclic) bond motifs is 4. The van der Waals surface area contributed by atoms with Crippen LogP contribution in [0, 0.1) is 5.92 Å². The van der Waals surface area contributed by atoms with Crippen molar-refractivity contribution in [2.45, 2.75) is 45.7 Å². The average molecular weight is 394 g/mol. The molecule has 152 valence electrons. The lowest BCUT2D eigenvalue weighted by atomic mass is 9.82. The van der Waals surface area contributed by atoms with Gasteiger partial charge in [-0.2, -0.15) is 0 Å². The minimum atomic E-state index is -0.162. The van der Waals surface area contributed by atoms with Gasteiger partial charge in [-0.3, -0.25) is 19.4 Å². The standard InChI is InChI=1S/C22H26N4O3/c1-13(2)24-22(29)16-4-5-23-19(7-16)17-8-20-18-6-15(10-25(12-18)14(3)27)11-26(20)21(28)9-17/h4-5,7-9,13,15,18H,6,10-12H2,1-3H3,(H,24,29)/t15-,18+/m0/s1. The lowest BCUT2D eigenvalue weighted by Crippen LogP contribution is -2.48. The van der Waals surface area contributed by atoms with Crippen LogP contribution < -0.4 is 10.9 Å². The van der Waals surface area contributed by atoms with E-state index in [9.17, 15) is 14.4 Å². The molecule has 0 spiro atoms. The van der Waals surface area contributed by atoms with Gasteiger partial charge in [-0.05, 0) is 44.4 Å². The largest absolute Gasteiger partial charge is 0.350 e. The third-order valence-corrected chi connectivity index (χ3v) is 5.74. The van der Waals surface area contributed by atoms with E-state index in [4.69, 9.17) is 0 Å². The second-order valence-corrected chi connectivity index (χ2v) is 8.40. The first kappa shape index (κ1) is 19.4. The number of pyridine rings is 2. The van der Waals surface area contributed by atoms with Crippen LogP contribution in [0.4, 0.5) is 0 Å². The van der Waals surface area contributed by atoms with Crippen LogP contribution in [-0.2, 0) is 11.3 Å². The number of rotatable bonds is 3. The molecule has 2 amide bonds. The van der Waals surface area contributed by atoms with Gasteiger partial charge in [0.15, 0.2) is 0 Å². The monoisotopic (exact) mass is 394 g/mol. The van der Waals surface area contributed by atoms with Crippen molar-refractivity contribution in [3.63, 3.8) is 0 Å². The fourth-order valence-electron chi connectivity index (χ4n) is 4.44. The smallest absolute Gasteiger partial charge is 0.251 e. The number of nitrogens with zero attached hydrogens (tertiary/aromatic N) is 3. The predicted molar refractivity (Wildman–Crippen MR) is 110 cm³/mol. The van der Waals surface area contributed by atoms with Crippen molar-refractivity contribution in [2.75, 3.05) is 13.1 Å². The first-order chi connectivity index (χ1) is 13.8. The molecule has 2 aliphatic rings. The summed E-state index contributed by atoms with van der Waals surface area (Å²) in [6, 6.07) is 7.02. The molecule has 2 atom stereocenters. The fraction of sp³-hybridized carbons (Fsp3) is 0.455. The normalized spacial score (nSPS) is 20.3. The van der Waals surface area contributed by atoms with Crippen molar-refractivity contribution in [3.8, 4) is 11.3 Å². The van der Waals surface area contributed by atoms with Crippen LogP contribution in [0.3, 0.4) is 0 Å². The van der Waals surface area contributed by atoms with Gasteiger partial charge in [-0.15, -0.1) is 0 Å². The van der Waals surface area contributed by atoms with E-state index in [1.165, 1.54) is 0 Å². The SMILES string of the molecule is CC(=O)N1C[C@@H]2C[C@H](C1)c1cc(-c3cc(C(=O)NC(C)C)ccn3)cc(=O)n1C2. The average Bonchev–Trinajstić information content (AvgIpc) is 2.68. The van der Waals surface area contributed by atoms with E-state index in [2.05, 4.69) is 10.3 Å². The maximum Gasteiger partial charge on any atom is 0.251 e. The topological polar surface area (TPSA) is 84.3 Å². The van der Waals surface area contributed by atoms with Crippen LogP contribution in [-0.4, -0.2) is 45.4 Å². The molecule has 0 aromatic carbocycles. The van der Waals surface area contributed by atoms with E-state index in [1.54, 1.807) is 31.3 Å². The number of amides is 2. The molecule has 1 N–H and O–H groups in total. The van der Waals surface area contributed by atoms with Crippen LogP contribution in [0.1, 0.15) is 49.2 Å². The summed E-state index contributed by atoms with van der Waals surface area (Å²) in [6.07, 6.45) is 2.58. The van der Waals surface area contributed by atoms with Crippen molar-refractivity contribution in [1.29, 1.82) is 0 Å². The molecule has 1 saturated heterocycles. The Labute approximate surface area is 169 Å². The van der Waals surface area contributed by atoms with Crippen LogP contribution in [0.15, 0.2) is 35.3 Å². The number of likely N-dealkylation sites (tertiary alicyclic amines) is 1. The van der Waals surface area contributed by atoms with E-state index in [0.29, 0.717) is 42.4 Å². The first-order valence-electron chi connectivity index (χ1n) is 10.1. The molecule has 0 saturated carbocycles. The predicted octanol–water partition coefficient (Wildman–Crippen LogP) is 2.01. The van der Waals surface area contributed by atoms with Crippen LogP contribution >= 0.6 is 0 Å². The lowest BCUT2D eigenvalue weighted by molar-refractivity contribution is -0.131. The Morgan fingerprint density at radius 1 is 1.17 bits per heavy atom. The van der Waals surface area contributed by atoms with E-state index < -0.39 is 0 Å². The molecular weight excluding hydrogens is 368 g/mol. The number of hydrogen-bond donors (Lipinski definition) is 1. The summed E-state index contributed by atoms with van der Waals surface area (Å²) in [5, 5.41) is 2.87. The molecule has 29 heavy (non-hydrogen) atoms. The summed E-state index contributed by atoms with van der Waals surface area (Å²) in [5.74, 6) is 0.379. The molecule has 7 heteroatoms. The molecule has 4 heterocycles. The maximum atomic E-state index is 12.8. The number of carbonyl (C=O) groups excluding carboxylic acids is 2. The van der Waals surface area contributed by atoms with Gasteiger partial charge in [0.2, 0.25) is 5.91 Å². The second-order valence-electron chi connectivity index (χ2n) is 8.40. The summed E-state index contributed by atoms with van der Waals surface area (Å²) < 4.78 is 1.84. The minimum absolute atomic E-state index is 0.0379. The fourth-order valence-corrected chi connectivity index (χ4v) is 4.44. The maximum absolute atomic E-state index is 12.8. The van der Waals surface area contributed by atoms with Crippen LogP contribution in [0.5, 0.6) is 0 Å². The Morgan fingerprint density at radius 3 is 2.69 bits per heavy atom. The summed E-state index contributed by atoms with van der Waals surface area (Å²) in [6.45, 7) is 7.41. The zero-order chi connectivity index (χ0) is 20.7. The molecule has 0 radical (unpaired) electrons. The summed E-state index contributed by atoms with van der Waals surface area (Å²) in [5.41, 5.74) is 2.72. The Morgan fingerprint density at radius 2 is 1.97 bits per heavy atom. The molecule has 2 aliphatic heterocycles. The van der Waals surface area contributed by atoms with Gasteiger partial charge in [0.25, 0.3) is 11.5 Å². The number of piperidine rings is 1. The third-order valence-electron chi connectivity index (χ3n) is 5.74. The zero-order valence-electron chi connectivity index (χ0n) is 17.0. The van der Waals surface area contributed by atoms with Gasteiger partial charge in [-0.25, -0.2) is 0 Å². The number of carbonyl (C=O) groups is 2. The Balaban J connectivity index is 1.71. The molecule has 2 aromatic rings. The molecular formula is C22H26N4O3. The third kappa shape index (κ3) is 3.81. The molecule has 0 aliphatic carbocycles. The van der Waals surface area contributed by atoms with Gasteiger partial charge in [-0.1, -0.05) is 0 Å². The Bertz CT molecular complexity index is 1030. The lowest BCUT2D eigenvalue weighted by Gasteiger charge is -2.42. The number of nitrogens with one attached hydrogen (secondary N) is 1. The summed E-state index contributed by atoms with van der Waals surface area (Å²) >= 11 is 0. The Kier molecular flexibility index (Phi) is 4.98. The molecule has 2 aromatic heterocycles. The van der Waals surface area contributed by atoms with Gasteiger partial charge in [0, 0.05) is 67.6 Å². The van der Waals surface area contributed by atoms with Gasteiger partial charge < -0.3 is 14.8 Å². The minimum Gasteiger partial charge on any atom is -0.350 e. The summed E-state index contributed by atoms with van der Waals surface area (Å²) in [4.78, 5) is 43.3. The van der Waals surface area contributed by atoms with E-state index in [1.807, 2.05) is 29.4 Å². The Hall–Kier alpha value is -2.96. The number of hydrogen-bond acceptors (Lipinski definition) is 4. The van der Waals surface area contributed by atoms with Crippen LogP contribution in [0.2, 0.25) is 0 Å². The molecule has 0 unspecified atom stereocenters. The van der Waals surface area contributed by atoms with Crippen molar-refractivity contribution < 1.29 is 9.59 Å². The highest BCUT2D eigenvalue weighted by atomic mass is 16.2. The van der Waals surface area contributed by atoms with Crippen molar-refractivity contribution in [3.05, 3.63) is 52.1 Å². The van der Waals surface area contributed by atoms with Gasteiger partial charge in [0.1, 0.15) is 0 Å². The van der Waals surface area contributed by atoms with E-state index >= 15 is 0 Å². The van der Waals surface area contributed by atoms with Gasteiger partial charge in [0.05, 0.1) is 5.69 Å². The molecule has 4 rings (SSSR count). The quantitative estimate of drug-likeness (QED) is 0.863. The highest BCUT2D eigenvalue weighted by molar-refractivity contribution is 5.95.